The van der Waals surface area contributed by atoms with E-state index in [0.717, 1.165) is 18.6 Å². The van der Waals surface area contributed by atoms with Gasteiger partial charge in [-0.05, 0) is 42.4 Å². The zero-order chi connectivity index (χ0) is 12.7. The first-order valence-electron chi connectivity index (χ1n) is 6.35. The van der Waals surface area contributed by atoms with E-state index >= 15 is 0 Å². The summed E-state index contributed by atoms with van der Waals surface area (Å²) >= 11 is 0. The Hall–Kier alpha value is -1.02. The molecule has 0 radical (unpaired) electrons. The highest BCUT2D eigenvalue weighted by molar-refractivity contribution is 5.44. The second-order valence-electron chi connectivity index (χ2n) is 6.17. The van der Waals surface area contributed by atoms with Crippen LogP contribution in [0.2, 0.25) is 0 Å². The van der Waals surface area contributed by atoms with Crippen molar-refractivity contribution in [2.75, 3.05) is 7.11 Å². The van der Waals surface area contributed by atoms with Crippen LogP contribution in [0.15, 0.2) is 18.2 Å². The number of ether oxygens (including phenoxy) is 1. The highest BCUT2D eigenvalue weighted by atomic mass is 16.5. The van der Waals surface area contributed by atoms with Crippen LogP contribution in [0.1, 0.15) is 51.2 Å². The minimum Gasteiger partial charge on any atom is -0.496 e. The van der Waals surface area contributed by atoms with Gasteiger partial charge >= 0.3 is 0 Å². The minimum atomic E-state index is -0.160. The molecule has 1 fully saturated rings. The molecular weight excluding hydrogens is 210 g/mol. The monoisotopic (exact) mass is 233 g/mol. The van der Waals surface area contributed by atoms with Crippen LogP contribution in [-0.4, -0.2) is 7.11 Å². The summed E-state index contributed by atoms with van der Waals surface area (Å²) in [6, 6.07) is 6.44. The molecule has 2 heteroatoms. The van der Waals surface area contributed by atoms with Crippen LogP contribution in [0.3, 0.4) is 0 Å². The molecule has 0 aliphatic heterocycles. The maximum Gasteiger partial charge on any atom is 0.123 e. The Balaban J connectivity index is 2.47. The van der Waals surface area contributed by atoms with Gasteiger partial charge < -0.3 is 10.5 Å². The highest BCUT2D eigenvalue weighted by Gasteiger charge is 2.37. The maximum atomic E-state index is 6.43. The van der Waals surface area contributed by atoms with E-state index in [1.165, 1.54) is 17.5 Å². The molecule has 2 N–H and O–H groups in total. The van der Waals surface area contributed by atoms with Crippen LogP contribution in [0, 0.1) is 0 Å². The lowest BCUT2D eigenvalue weighted by molar-refractivity contribution is 0.243. The fourth-order valence-corrected chi connectivity index (χ4v) is 2.39. The van der Waals surface area contributed by atoms with E-state index < -0.39 is 0 Å². The van der Waals surface area contributed by atoms with Crippen LogP contribution in [-0.2, 0) is 11.0 Å². The third kappa shape index (κ3) is 2.19. The summed E-state index contributed by atoms with van der Waals surface area (Å²) in [6.07, 6.45) is 3.35. The number of methoxy groups -OCH3 is 1. The molecule has 0 saturated heterocycles. The van der Waals surface area contributed by atoms with Crippen molar-refractivity contribution in [3.05, 3.63) is 29.3 Å². The number of rotatable bonds is 2. The first-order chi connectivity index (χ1) is 7.87. The summed E-state index contributed by atoms with van der Waals surface area (Å²) in [6.45, 7) is 6.67. The van der Waals surface area contributed by atoms with Gasteiger partial charge in [-0.1, -0.05) is 26.8 Å². The van der Waals surface area contributed by atoms with Crippen molar-refractivity contribution in [2.24, 2.45) is 5.73 Å². The molecule has 0 heterocycles. The molecule has 94 valence electrons. The summed E-state index contributed by atoms with van der Waals surface area (Å²) in [5, 5.41) is 0. The standard InChI is InChI=1S/C15H23NO/c1-14(2,3)11-6-7-13(17-4)12(10-11)15(16)8-5-9-15/h6-7,10H,5,8-9,16H2,1-4H3. The van der Waals surface area contributed by atoms with Gasteiger partial charge in [0.2, 0.25) is 0 Å². The van der Waals surface area contributed by atoms with E-state index in [1.807, 2.05) is 0 Å². The molecule has 17 heavy (non-hydrogen) atoms. The fourth-order valence-electron chi connectivity index (χ4n) is 2.39. The van der Waals surface area contributed by atoms with Crippen LogP contribution < -0.4 is 10.5 Å². The molecule has 1 aromatic carbocycles. The Labute approximate surface area is 104 Å². The van der Waals surface area contributed by atoms with E-state index in [1.54, 1.807) is 7.11 Å². The molecule has 0 bridgehead atoms. The number of benzene rings is 1. The summed E-state index contributed by atoms with van der Waals surface area (Å²) in [4.78, 5) is 0. The van der Waals surface area contributed by atoms with Crippen molar-refractivity contribution < 1.29 is 4.74 Å². The van der Waals surface area contributed by atoms with Gasteiger partial charge in [0.05, 0.1) is 7.11 Å². The van der Waals surface area contributed by atoms with E-state index in [-0.39, 0.29) is 11.0 Å². The lowest BCUT2D eigenvalue weighted by Crippen LogP contribution is -2.43. The normalized spacial score (nSPS) is 18.6. The van der Waals surface area contributed by atoms with Crippen molar-refractivity contribution in [1.29, 1.82) is 0 Å². The second-order valence-corrected chi connectivity index (χ2v) is 6.17. The molecular formula is C15H23NO. The Morgan fingerprint density at radius 1 is 1.24 bits per heavy atom. The molecule has 0 amide bonds. The highest BCUT2D eigenvalue weighted by Crippen LogP contribution is 2.44. The van der Waals surface area contributed by atoms with Gasteiger partial charge in [-0.25, -0.2) is 0 Å². The predicted octanol–water partition coefficient (Wildman–Crippen LogP) is 3.33. The van der Waals surface area contributed by atoms with Crippen molar-refractivity contribution in [2.45, 2.75) is 51.0 Å². The Bertz CT molecular complexity index is 413. The van der Waals surface area contributed by atoms with Crippen molar-refractivity contribution in [3.63, 3.8) is 0 Å². The fraction of sp³-hybridized carbons (Fsp3) is 0.600. The Morgan fingerprint density at radius 2 is 1.88 bits per heavy atom. The SMILES string of the molecule is COc1ccc(C(C)(C)C)cc1C1(N)CCC1. The lowest BCUT2D eigenvalue weighted by Gasteiger charge is -2.40. The van der Waals surface area contributed by atoms with E-state index in [2.05, 4.69) is 39.0 Å². The van der Waals surface area contributed by atoms with Gasteiger partial charge in [0.15, 0.2) is 0 Å². The topological polar surface area (TPSA) is 35.2 Å². The first kappa shape index (κ1) is 12.4. The molecule has 1 saturated carbocycles. The Morgan fingerprint density at radius 3 is 2.29 bits per heavy atom. The third-order valence-electron chi connectivity index (χ3n) is 3.85. The summed E-state index contributed by atoms with van der Waals surface area (Å²) < 4.78 is 5.46. The zero-order valence-electron chi connectivity index (χ0n) is 11.3. The molecule has 1 aliphatic carbocycles. The van der Waals surface area contributed by atoms with Crippen molar-refractivity contribution in [1.82, 2.24) is 0 Å². The summed E-state index contributed by atoms with van der Waals surface area (Å²) in [5.74, 6) is 0.931. The summed E-state index contributed by atoms with van der Waals surface area (Å²) in [5.41, 5.74) is 8.93. The van der Waals surface area contributed by atoms with Crippen LogP contribution >= 0.6 is 0 Å². The van der Waals surface area contributed by atoms with Crippen LogP contribution in [0.25, 0.3) is 0 Å². The largest absolute Gasteiger partial charge is 0.496 e. The molecule has 0 atom stereocenters. The summed E-state index contributed by atoms with van der Waals surface area (Å²) in [7, 11) is 1.72. The van der Waals surface area contributed by atoms with Crippen LogP contribution in [0.5, 0.6) is 5.75 Å². The van der Waals surface area contributed by atoms with Crippen molar-refractivity contribution >= 4 is 0 Å². The molecule has 0 aromatic heterocycles. The smallest absolute Gasteiger partial charge is 0.123 e. The van der Waals surface area contributed by atoms with Gasteiger partial charge in [0.1, 0.15) is 5.75 Å². The quantitative estimate of drug-likeness (QED) is 0.850. The molecule has 1 aliphatic rings. The number of nitrogens with two attached hydrogens (primary N) is 1. The molecule has 2 rings (SSSR count). The van der Waals surface area contributed by atoms with E-state index in [0.29, 0.717) is 0 Å². The maximum absolute atomic E-state index is 6.43. The molecule has 2 nitrogen and oxygen atoms in total. The van der Waals surface area contributed by atoms with Gasteiger partial charge in [0, 0.05) is 11.1 Å². The molecule has 1 aromatic rings. The Kier molecular flexibility index (Phi) is 2.94. The van der Waals surface area contributed by atoms with Gasteiger partial charge in [-0.15, -0.1) is 0 Å². The van der Waals surface area contributed by atoms with Crippen molar-refractivity contribution in [3.8, 4) is 5.75 Å². The van der Waals surface area contributed by atoms with Crippen LogP contribution in [0.4, 0.5) is 0 Å². The lowest BCUT2D eigenvalue weighted by atomic mass is 9.71. The number of hydrogen-bond donors (Lipinski definition) is 1. The van der Waals surface area contributed by atoms with Gasteiger partial charge in [-0.2, -0.15) is 0 Å². The third-order valence-corrected chi connectivity index (χ3v) is 3.85. The predicted molar refractivity (Wildman–Crippen MR) is 71.4 cm³/mol. The van der Waals surface area contributed by atoms with E-state index in [4.69, 9.17) is 10.5 Å². The number of hydrogen-bond acceptors (Lipinski definition) is 2. The first-order valence-corrected chi connectivity index (χ1v) is 6.35. The average molecular weight is 233 g/mol. The molecule has 0 unspecified atom stereocenters. The van der Waals surface area contributed by atoms with E-state index in [9.17, 15) is 0 Å². The molecule has 0 spiro atoms. The van der Waals surface area contributed by atoms with Gasteiger partial charge in [-0.3, -0.25) is 0 Å². The average Bonchev–Trinajstić information content (AvgIpc) is 2.23. The second kappa shape index (κ2) is 4.02. The zero-order valence-corrected chi connectivity index (χ0v) is 11.3. The minimum absolute atomic E-state index is 0.154. The van der Waals surface area contributed by atoms with Gasteiger partial charge in [0.25, 0.3) is 0 Å².